The molecule has 6 nitrogen and oxygen atoms in total. The van der Waals surface area contributed by atoms with Crippen LogP contribution in [0.1, 0.15) is 23.5 Å². The van der Waals surface area contributed by atoms with Crippen LogP contribution >= 0.6 is 11.3 Å². The van der Waals surface area contributed by atoms with Crippen LogP contribution in [0.25, 0.3) is 4.96 Å². The highest BCUT2D eigenvalue weighted by Gasteiger charge is 2.31. The van der Waals surface area contributed by atoms with Gasteiger partial charge in [0.25, 0.3) is 5.56 Å². The number of thiazole rings is 1. The maximum atomic E-state index is 12.6. The van der Waals surface area contributed by atoms with Gasteiger partial charge >= 0.3 is 0 Å². The summed E-state index contributed by atoms with van der Waals surface area (Å²) in [5, 5.41) is 4.66. The van der Waals surface area contributed by atoms with Crippen LogP contribution in [0.5, 0.6) is 5.75 Å². The maximum absolute atomic E-state index is 12.6. The summed E-state index contributed by atoms with van der Waals surface area (Å²) in [4.78, 5) is 29.5. The van der Waals surface area contributed by atoms with E-state index in [0.717, 1.165) is 5.56 Å². The van der Waals surface area contributed by atoms with Crippen molar-refractivity contribution in [3.05, 3.63) is 70.0 Å². The lowest BCUT2D eigenvalue weighted by Crippen LogP contribution is -2.31. The fraction of sp³-hybridized carbons (Fsp3) is 0.167. The molecular formula is C18H15N3O3S. The Morgan fingerprint density at radius 2 is 2.16 bits per heavy atom. The smallest absolute Gasteiger partial charge is 0.279 e. The predicted molar refractivity (Wildman–Crippen MR) is 96.6 cm³/mol. The van der Waals surface area contributed by atoms with E-state index in [-0.39, 0.29) is 23.8 Å². The quantitative estimate of drug-likeness (QED) is 0.732. The fourth-order valence-electron chi connectivity index (χ4n) is 3.05. The van der Waals surface area contributed by atoms with Crippen LogP contribution in [0.2, 0.25) is 0 Å². The molecule has 1 N–H and O–H groups in total. The second-order valence-corrected chi connectivity index (χ2v) is 6.58. The molecule has 1 atom stereocenters. The molecule has 0 fully saturated rings. The summed E-state index contributed by atoms with van der Waals surface area (Å²) >= 11 is 1.36. The molecule has 1 aromatic carbocycles. The molecule has 0 spiro atoms. The molecule has 0 saturated heterocycles. The van der Waals surface area contributed by atoms with Crippen molar-refractivity contribution in [2.75, 3.05) is 11.9 Å². The van der Waals surface area contributed by atoms with Crippen molar-refractivity contribution in [3.8, 4) is 5.75 Å². The summed E-state index contributed by atoms with van der Waals surface area (Å²) < 4.78 is 7.24. The average Bonchev–Trinajstić information content (AvgIpc) is 3.08. The lowest BCUT2D eigenvalue weighted by molar-refractivity contribution is -0.116. The minimum absolute atomic E-state index is 0.116. The van der Waals surface area contributed by atoms with Crippen molar-refractivity contribution in [2.24, 2.45) is 0 Å². The monoisotopic (exact) mass is 353 g/mol. The first-order chi connectivity index (χ1) is 12.2. The summed E-state index contributed by atoms with van der Waals surface area (Å²) in [5.74, 6) is 0.792. The molecule has 0 radical (unpaired) electrons. The number of rotatable bonds is 4. The number of hydrogen-bond acceptors (Lipinski definition) is 5. The second-order valence-electron chi connectivity index (χ2n) is 5.71. The standard InChI is InChI=1S/C18H15N3O3S/c1-2-8-24-12-5-3-11(4-6-12)13-10-14(22)19-16-15(13)17(23)20-18-21(16)7-9-25-18/h2-7,9,13H,1,8,10H2,(H,19,22)/t13-/m1/s1. The molecule has 0 unspecified atom stereocenters. The molecule has 7 heteroatoms. The number of benzene rings is 1. The number of aromatic nitrogens is 2. The molecular weight excluding hydrogens is 338 g/mol. The maximum Gasteiger partial charge on any atom is 0.279 e. The first kappa shape index (κ1) is 15.6. The third-order valence-electron chi connectivity index (χ3n) is 4.16. The average molecular weight is 353 g/mol. The van der Waals surface area contributed by atoms with Gasteiger partial charge in [0.05, 0.1) is 5.56 Å². The Kier molecular flexibility index (Phi) is 3.85. The van der Waals surface area contributed by atoms with Crippen LogP contribution in [0.4, 0.5) is 5.82 Å². The molecule has 4 rings (SSSR count). The SMILES string of the molecule is C=CCOc1ccc([C@H]2CC(=O)Nc3c2c(=O)nc2sccn32)cc1. The van der Waals surface area contributed by atoms with Crippen LogP contribution < -0.4 is 15.6 Å². The van der Waals surface area contributed by atoms with Crippen LogP contribution in [-0.2, 0) is 4.79 Å². The lowest BCUT2D eigenvalue weighted by atomic mass is 9.87. The van der Waals surface area contributed by atoms with Crippen LogP contribution in [0, 0.1) is 0 Å². The van der Waals surface area contributed by atoms with Gasteiger partial charge in [0.15, 0.2) is 4.96 Å². The zero-order valence-corrected chi connectivity index (χ0v) is 14.1. The van der Waals surface area contributed by atoms with Gasteiger partial charge < -0.3 is 10.1 Å². The van der Waals surface area contributed by atoms with Crippen molar-refractivity contribution in [1.82, 2.24) is 9.38 Å². The topological polar surface area (TPSA) is 72.7 Å². The summed E-state index contributed by atoms with van der Waals surface area (Å²) in [6, 6.07) is 7.43. The minimum atomic E-state index is -0.325. The lowest BCUT2D eigenvalue weighted by Gasteiger charge is -2.25. The highest BCUT2D eigenvalue weighted by atomic mass is 32.1. The van der Waals surface area contributed by atoms with Gasteiger partial charge in [0.2, 0.25) is 5.91 Å². The van der Waals surface area contributed by atoms with E-state index in [0.29, 0.717) is 28.7 Å². The summed E-state index contributed by atoms with van der Waals surface area (Å²) in [5.41, 5.74) is 1.11. The van der Waals surface area contributed by atoms with Gasteiger partial charge in [-0.25, -0.2) is 0 Å². The molecule has 1 aliphatic heterocycles. The van der Waals surface area contributed by atoms with Crippen molar-refractivity contribution in [2.45, 2.75) is 12.3 Å². The van der Waals surface area contributed by atoms with E-state index < -0.39 is 0 Å². The molecule has 0 bridgehead atoms. The number of nitrogens with zero attached hydrogens (tertiary/aromatic N) is 2. The fourth-order valence-corrected chi connectivity index (χ4v) is 3.76. The van der Waals surface area contributed by atoms with Gasteiger partial charge in [-0.05, 0) is 17.7 Å². The predicted octanol–water partition coefficient (Wildman–Crippen LogP) is 2.79. The van der Waals surface area contributed by atoms with E-state index in [2.05, 4.69) is 16.9 Å². The Hall–Kier alpha value is -2.93. The van der Waals surface area contributed by atoms with E-state index in [1.54, 1.807) is 16.7 Å². The molecule has 0 saturated carbocycles. The van der Waals surface area contributed by atoms with Crippen LogP contribution in [-0.4, -0.2) is 21.9 Å². The number of carbonyl (C=O) groups excluding carboxylic acids is 1. The number of ether oxygens (including phenoxy) is 1. The van der Waals surface area contributed by atoms with Crippen LogP contribution in [0.15, 0.2) is 53.3 Å². The van der Waals surface area contributed by atoms with Crippen LogP contribution in [0.3, 0.4) is 0 Å². The number of hydrogen-bond donors (Lipinski definition) is 1. The number of fused-ring (bicyclic) bond motifs is 3. The number of carbonyl (C=O) groups is 1. The van der Waals surface area contributed by atoms with Gasteiger partial charge in [0.1, 0.15) is 18.2 Å². The molecule has 1 aliphatic rings. The molecule has 1 amide bonds. The Labute approximate surface area is 147 Å². The summed E-state index contributed by atoms with van der Waals surface area (Å²) in [6.07, 6.45) is 3.70. The third kappa shape index (κ3) is 2.72. The number of nitrogens with one attached hydrogen (secondary N) is 1. The Morgan fingerprint density at radius 3 is 2.92 bits per heavy atom. The summed E-state index contributed by atoms with van der Waals surface area (Å²) in [7, 11) is 0. The number of anilines is 1. The zero-order chi connectivity index (χ0) is 17.4. The van der Waals surface area contributed by atoms with E-state index in [1.807, 2.05) is 29.6 Å². The first-order valence-corrected chi connectivity index (χ1v) is 8.68. The van der Waals surface area contributed by atoms with Gasteiger partial charge in [-0.1, -0.05) is 24.8 Å². The van der Waals surface area contributed by atoms with Gasteiger partial charge in [-0.15, -0.1) is 11.3 Å². The minimum Gasteiger partial charge on any atom is -0.490 e. The Balaban J connectivity index is 1.80. The van der Waals surface area contributed by atoms with E-state index in [4.69, 9.17) is 4.74 Å². The van der Waals surface area contributed by atoms with Crippen molar-refractivity contribution < 1.29 is 9.53 Å². The first-order valence-electron chi connectivity index (χ1n) is 7.80. The molecule has 3 heterocycles. The molecule has 2 aromatic heterocycles. The Morgan fingerprint density at radius 1 is 1.36 bits per heavy atom. The summed E-state index contributed by atoms with van der Waals surface area (Å²) in [6.45, 7) is 4.04. The Bertz CT molecular complexity index is 1020. The van der Waals surface area contributed by atoms with Crippen molar-refractivity contribution in [3.63, 3.8) is 0 Å². The van der Waals surface area contributed by atoms with Gasteiger partial charge in [-0.3, -0.25) is 14.0 Å². The van der Waals surface area contributed by atoms with E-state index in [1.165, 1.54) is 11.3 Å². The van der Waals surface area contributed by atoms with Gasteiger partial charge in [0, 0.05) is 23.9 Å². The van der Waals surface area contributed by atoms with E-state index in [9.17, 15) is 9.59 Å². The number of amides is 1. The van der Waals surface area contributed by atoms with E-state index >= 15 is 0 Å². The molecule has 25 heavy (non-hydrogen) atoms. The molecule has 0 aliphatic carbocycles. The molecule has 3 aromatic rings. The second kappa shape index (κ2) is 6.18. The normalized spacial score (nSPS) is 16.3. The highest BCUT2D eigenvalue weighted by molar-refractivity contribution is 7.15. The third-order valence-corrected chi connectivity index (χ3v) is 4.92. The highest BCUT2D eigenvalue weighted by Crippen LogP contribution is 2.35. The largest absolute Gasteiger partial charge is 0.490 e. The van der Waals surface area contributed by atoms with Crippen molar-refractivity contribution in [1.29, 1.82) is 0 Å². The zero-order valence-electron chi connectivity index (χ0n) is 13.3. The molecule has 126 valence electrons. The van der Waals surface area contributed by atoms with Crippen molar-refractivity contribution >= 4 is 28.0 Å². The van der Waals surface area contributed by atoms with Gasteiger partial charge in [-0.2, -0.15) is 4.98 Å².